The zero-order chi connectivity index (χ0) is 12.3. The molecule has 0 unspecified atom stereocenters. The Morgan fingerprint density at radius 1 is 1.24 bits per heavy atom. The molecule has 2 rings (SSSR count). The minimum absolute atomic E-state index is 0.153. The van der Waals surface area contributed by atoms with Crippen molar-refractivity contribution in [1.29, 1.82) is 0 Å². The first kappa shape index (κ1) is 11.7. The van der Waals surface area contributed by atoms with E-state index in [9.17, 15) is 9.59 Å². The first-order valence-electron chi connectivity index (χ1n) is 4.86. The topological polar surface area (TPSA) is 64.1 Å². The maximum atomic E-state index is 11.6. The van der Waals surface area contributed by atoms with Gasteiger partial charge in [0.25, 0.3) is 0 Å². The van der Waals surface area contributed by atoms with Crippen LogP contribution in [0.25, 0.3) is 0 Å². The smallest absolute Gasteiger partial charge is 0.362 e. The van der Waals surface area contributed by atoms with Crippen LogP contribution in [0.5, 0.6) is 0 Å². The second-order valence-electron chi connectivity index (χ2n) is 3.30. The van der Waals surface area contributed by atoms with Gasteiger partial charge in [-0.3, -0.25) is 4.79 Å². The number of halogens is 1. The lowest BCUT2D eigenvalue weighted by molar-refractivity contribution is 0.0784. The fourth-order valence-electron chi connectivity index (χ4n) is 1.27. The summed E-state index contributed by atoms with van der Waals surface area (Å²) >= 11 is 3.02. The van der Waals surface area contributed by atoms with Gasteiger partial charge in [-0.1, -0.05) is 35.1 Å². The third-order valence-electron chi connectivity index (χ3n) is 2.10. The quantitative estimate of drug-likeness (QED) is 0.916. The summed E-state index contributed by atoms with van der Waals surface area (Å²) in [6.45, 7) is 0.153. The molecule has 88 valence electrons. The summed E-state index contributed by atoms with van der Waals surface area (Å²) < 4.78 is 0.932. The summed E-state index contributed by atoms with van der Waals surface area (Å²) in [6.07, 6.45) is 1.28. The van der Waals surface area contributed by atoms with Gasteiger partial charge >= 0.3 is 11.2 Å². The Kier molecular flexibility index (Phi) is 3.43. The Hall–Kier alpha value is -1.82. The highest BCUT2D eigenvalue weighted by Crippen LogP contribution is 1.99. The number of aromatic nitrogens is 2. The van der Waals surface area contributed by atoms with E-state index in [1.807, 2.05) is 30.3 Å². The maximum absolute atomic E-state index is 11.6. The van der Waals surface area contributed by atoms with Gasteiger partial charge in [0.1, 0.15) is 11.1 Å². The molecule has 17 heavy (non-hydrogen) atoms. The Bertz CT molecular complexity index is 619. The summed E-state index contributed by atoms with van der Waals surface area (Å²) in [7, 11) is 0. The van der Waals surface area contributed by atoms with Crippen LogP contribution in [0.3, 0.4) is 0 Å². The third kappa shape index (κ3) is 2.65. The average Bonchev–Trinajstić information content (AvgIpc) is 2.35. The highest BCUT2D eigenvalue weighted by atomic mass is 79.9. The van der Waals surface area contributed by atoms with E-state index in [0.29, 0.717) is 4.73 Å². The fourth-order valence-corrected chi connectivity index (χ4v) is 1.54. The van der Waals surface area contributed by atoms with Crippen molar-refractivity contribution in [2.75, 3.05) is 0 Å². The number of nitrogens with one attached hydrogen (secondary N) is 1. The molecule has 0 saturated heterocycles. The summed E-state index contributed by atoms with van der Waals surface area (Å²) in [6, 6.07) is 9.27. The summed E-state index contributed by atoms with van der Waals surface area (Å²) in [5.41, 5.74) is -0.252. The van der Waals surface area contributed by atoms with Crippen LogP contribution in [-0.2, 0) is 6.61 Å². The molecule has 0 aliphatic rings. The minimum Gasteiger partial charge on any atom is -0.401 e. The molecule has 1 N–H and O–H groups in total. The van der Waals surface area contributed by atoms with Crippen LogP contribution in [0.15, 0.2) is 50.6 Å². The van der Waals surface area contributed by atoms with E-state index in [2.05, 4.69) is 20.9 Å². The van der Waals surface area contributed by atoms with Crippen LogP contribution in [0.4, 0.5) is 0 Å². The van der Waals surface area contributed by atoms with Crippen LogP contribution >= 0.6 is 15.9 Å². The van der Waals surface area contributed by atoms with Crippen molar-refractivity contribution in [1.82, 2.24) is 9.71 Å². The van der Waals surface area contributed by atoms with Gasteiger partial charge in [0.15, 0.2) is 0 Å². The monoisotopic (exact) mass is 296 g/mol. The SMILES string of the molecule is O=c1[nH]cc(Br)c(=O)n1OCc1ccccc1. The number of rotatable bonds is 3. The number of benzene rings is 1. The molecule has 0 atom stereocenters. The first-order chi connectivity index (χ1) is 8.18. The minimum atomic E-state index is -0.603. The molecule has 2 aromatic rings. The summed E-state index contributed by atoms with van der Waals surface area (Å²) in [5, 5.41) is 0. The molecular formula is C11H9BrN2O3. The molecule has 0 amide bonds. The Labute approximate surface area is 105 Å². The molecule has 1 aromatic carbocycles. The predicted molar refractivity (Wildman–Crippen MR) is 65.7 cm³/mol. The lowest BCUT2D eigenvalue weighted by atomic mass is 10.2. The van der Waals surface area contributed by atoms with Gasteiger partial charge in [-0.05, 0) is 21.5 Å². The van der Waals surface area contributed by atoms with Crippen LogP contribution < -0.4 is 16.1 Å². The van der Waals surface area contributed by atoms with E-state index in [1.54, 1.807) is 0 Å². The van der Waals surface area contributed by atoms with Gasteiger partial charge in [-0.25, -0.2) is 4.79 Å². The van der Waals surface area contributed by atoms with Crippen LogP contribution in [-0.4, -0.2) is 9.71 Å². The zero-order valence-corrected chi connectivity index (χ0v) is 10.3. The van der Waals surface area contributed by atoms with Crippen LogP contribution in [0, 0.1) is 0 Å². The lowest BCUT2D eigenvalue weighted by Gasteiger charge is -2.06. The fraction of sp³-hybridized carbons (Fsp3) is 0.0909. The molecular weight excluding hydrogens is 288 g/mol. The highest BCUT2D eigenvalue weighted by molar-refractivity contribution is 9.10. The third-order valence-corrected chi connectivity index (χ3v) is 2.67. The van der Waals surface area contributed by atoms with Crippen LogP contribution in [0.1, 0.15) is 5.56 Å². The molecule has 0 radical (unpaired) electrons. The highest BCUT2D eigenvalue weighted by Gasteiger charge is 2.05. The molecule has 0 spiro atoms. The molecule has 0 aliphatic carbocycles. The van der Waals surface area contributed by atoms with Gasteiger partial charge in [-0.15, -0.1) is 0 Å². The second kappa shape index (κ2) is 5.01. The number of aromatic amines is 1. The standard InChI is InChI=1S/C11H9BrN2O3/c12-9-6-13-11(16)14(10(9)15)17-7-8-4-2-1-3-5-8/h1-6H,7H2,(H,13,16). The van der Waals surface area contributed by atoms with Gasteiger partial charge in [0.05, 0.1) is 0 Å². The van der Waals surface area contributed by atoms with Crippen molar-refractivity contribution in [3.05, 3.63) is 67.4 Å². The van der Waals surface area contributed by atoms with Gasteiger partial charge < -0.3 is 9.82 Å². The zero-order valence-electron chi connectivity index (χ0n) is 8.72. The van der Waals surface area contributed by atoms with Gasteiger partial charge in [-0.2, -0.15) is 0 Å². The van der Waals surface area contributed by atoms with Crippen molar-refractivity contribution >= 4 is 15.9 Å². The second-order valence-corrected chi connectivity index (χ2v) is 4.15. The van der Waals surface area contributed by atoms with E-state index in [0.717, 1.165) is 5.56 Å². The van der Waals surface area contributed by atoms with E-state index < -0.39 is 11.2 Å². The molecule has 5 nitrogen and oxygen atoms in total. The maximum Gasteiger partial charge on any atom is 0.362 e. The van der Waals surface area contributed by atoms with Gasteiger partial charge in [0, 0.05) is 6.20 Å². The normalized spacial score (nSPS) is 10.2. The summed E-state index contributed by atoms with van der Waals surface area (Å²) in [4.78, 5) is 30.5. The Morgan fingerprint density at radius 2 is 1.94 bits per heavy atom. The van der Waals surface area contributed by atoms with Crippen molar-refractivity contribution in [3.63, 3.8) is 0 Å². The van der Waals surface area contributed by atoms with E-state index in [4.69, 9.17) is 4.84 Å². The molecule has 6 heteroatoms. The van der Waals surface area contributed by atoms with Crippen molar-refractivity contribution < 1.29 is 4.84 Å². The van der Waals surface area contributed by atoms with E-state index in [-0.39, 0.29) is 11.1 Å². The van der Waals surface area contributed by atoms with Crippen molar-refractivity contribution in [2.24, 2.45) is 0 Å². The number of hydrogen-bond donors (Lipinski definition) is 1. The summed E-state index contributed by atoms with van der Waals surface area (Å²) in [5.74, 6) is 0. The molecule has 0 saturated carbocycles. The Morgan fingerprint density at radius 3 is 2.65 bits per heavy atom. The molecule has 0 fully saturated rings. The number of H-pyrrole nitrogens is 1. The van der Waals surface area contributed by atoms with Crippen molar-refractivity contribution in [3.8, 4) is 0 Å². The predicted octanol–water partition coefficient (Wildman–Crippen LogP) is 0.928. The molecule has 0 bridgehead atoms. The van der Waals surface area contributed by atoms with Crippen molar-refractivity contribution in [2.45, 2.75) is 6.61 Å². The number of nitrogens with zero attached hydrogens (tertiary/aromatic N) is 1. The molecule has 0 aliphatic heterocycles. The van der Waals surface area contributed by atoms with Gasteiger partial charge in [0.2, 0.25) is 0 Å². The van der Waals surface area contributed by atoms with E-state index >= 15 is 0 Å². The largest absolute Gasteiger partial charge is 0.401 e. The average molecular weight is 297 g/mol. The molecule has 1 heterocycles. The van der Waals surface area contributed by atoms with Crippen LogP contribution in [0.2, 0.25) is 0 Å². The first-order valence-corrected chi connectivity index (χ1v) is 5.65. The lowest BCUT2D eigenvalue weighted by Crippen LogP contribution is -2.39. The number of hydrogen-bond acceptors (Lipinski definition) is 3. The Balaban J connectivity index is 2.23. The van der Waals surface area contributed by atoms with E-state index in [1.165, 1.54) is 6.20 Å². The molecule has 1 aromatic heterocycles.